The first-order valence-corrected chi connectivity index (χ1v) is 10.1. The molecule has 1 aliphatic carbocycles. The molecule has 7 heteroatoms. The number of esters is 2. The van der Waals surface area contributed by atoms with Gasteiger partial charge < -0.3 is 24.1 Å². The van der Waals surface area contributed by atoms with Gasteiger partial charge >= 0.3 is 11.9 Å². The third-order valence-electron chi connectivity index (χ3n) is 7.14. The minimum absolute atomic E-state index is 0.299. The topological polar surface area (TPSA) is 91.3 Å². The standard InChI is InChI=1S/C21H30O7/c1-11(2)17(22)26-14-13-10-21(16(25-13)15(14)27-18(21)23)20(8-6-7-9-20)28-12(3)19(4,5)24/h12-16,24H,1,6-10H2,2-5H3. The molecule has 0 amide bonds. The van der Waals surface area contributed by atoms with Crippen molar-refractivity contribution in [3.63, 3.8) is 0 Å². The van der Waals surface area contributed by atoms with Crippen LogP contribution in [-0.4, -0.2) is 58.8 Å². The van der Waals surface area contributed by atoms with E-state index >= 15 is 0 Å². The SMILES string of the molecule is C=C(C)C(=O)OC1C2CC3(C4(OC(C)C(C)(C)O)CCCC4)C(=O)OC1C3O2. The lowest BCUT2D eigenvalue weighted by atomic mass is 9.62. The quantitative estimate of drug-likeness (QED) is 0.544. The largest absolute Gasteiger partial charge is 0.455 e. The van der Waals surface area contributed by atoms with Crippen molar-refractivity contribution < 1.29 is 33.6 Å². The maximum absolute atomic E-state index is 13.2. The molecular weight excluding hydrogens is 364 g/mol. The van der Waals surface area contributed by atoms with Crippen LogP contribution in [-0.2, 0) is 28.5 Å². The Bertz CT molecular complexity index is 702. The lowest BCUT2D eigenvalue weighted by Crippen LogP contribution is -2.60. The number of rotatable bonds is 6. The van der Waals surface area contributed by atoms with Crippen molar-refractivity contribution in [1.82, 2.24) is 0 Å². The molecule has 0 radical (unpaired) electrons. The molecule has 1 N–H and O–H groups in total. The van der Waals surface area contributed by atoms with Crippen molar-refractivity contribution in [3.8, 4) is 0 Å². The highest BCUT2D eigenvalue weighted by Crippen LogP contribution is 2.64. The molecule has 4 rings (SSSR count). The molecule has 0 spiro atoms. The molecule has 7 nitrogen and oxygen atoms in total. The third kappa shape index (κ3) is 2.59. The molecule has 3 aliphatic heterocycles. The van der Waals surface area contributed by atoms with E-state index in [-0.39, 0.29) is 5.97 Å². The maximum atomic E-state index is 13.2. The minimum atomic E-state index is -1.04. The van der Waals surface area contributed by atoms with Crippen LogP contribution in [0, 0.1) is 5.41 Å². The fourth-order valence-electron chi connectivity index (χ4n) is 5.37. The molecule has 0 aromatic rings. The molecule has 6 atom stereocenters. The summed E-state index contributed by atoms with van der Waals surface area (Å²) in [4.78, 5) is 25.2. The van der Waals surface area contributed by atoms with Gasteiger partial charge in [-0.3, -0.25) is 4.79 Å². The molecule has 4 fully saturated rings. The van der Waals surface area contributed by atoms with Gasteiger partial charge in [0.2, 0.25) is 0 Å². The molecule has 6 unspecified atom stereocenters. The van der Waals surface area contributed by atoms with Crippen LogP contribution in [0.3, 0.4) is 0 Å². The molecule has 28 heavy (non-hydrogen) atoms. The van der Waals surface area contributed by atoms with Crippen molar-refractivity contribution in [1.29, 1.82) is 0 Å². The Hall–Kier alpha value is -1.44. The second-order valence-corrected chi connectivity index (χ2v) is 9.41. The van der Waals surface area contributed by atoms with Gasteiger partial charge in [0, 0.05) is 5.57 Å². The minimum Gasteiger partial charge on any atom is -0.455 e. The smallest absolute Gasteiger partial charge is 0.333 e. The predicted molar refractivity (Wildman–Crippen MR) is 98.3 cm³/mol. The Morgan fingerprint density at radius 1 is 1.36 bits per heavy atom. The summed E-state index contributed by atoms with van der Waals surface area (Å²) in [7, 11) is 0. The summed E-state index contributed by atoms with van der Waals surface area (Å²) in [6, 6.07) is 0. The molecule has 2 bridgehead atoms. The normalized spacial score (nSPS) is 39.1. The Balaban J connectivity index is 1.64. The van der Waals surface area contributed by atoms with Crippen LogP contribution < -0.4 is 0 Å². The van der Waals surface area contributed by atoms with Gasteiger partial charge in [0.05, 0.1) is 17.3 Å². The van der Waals surface area contributed by atoms with Crippen LogP contribution in [0.1, 0.15) is 59.8 Å². The Morgan fingerprint density at radius 2 is 2.00 bits per heavy atom. The lowest BCUT2D eigenvalue weighted by molar-refractivity contribution is -0.210. The maximum Gasteiger partial charge on any atom is 0.333 e. The summed E-state index contributed by atoms with van der Waals surface area (Å²) >= 11 is 0. The summed E-state index contributed by atoms with van der Waals surface area (Å²) in [5.74, 6) is -0.832. The van der Waals surface area contributed by atoms with Crippen LogP contribution in [0.4, 0.5) is 0 Å². The number of carbonyl (C=O) groups excluding carboxylic acids is 2. The van der Waals surface area contributed by atoms with Gasteiger partial charge in [-0.25, -0.2) is 4.79 Å². The van der Waals surface area contributed by atoms with E-state index in [9.17, 15) is 14.7 Å². The van der Waals surface area contributed by atoms with Gasteiger partial charge in [-0.05, 0) is 47.0 Å². The zero-order valence-corrected chi connectivity index (χ0v) is 17.0. The Kier molecular flexibility index (Phi) is 4.45. The number of hydrogen-bond donors (Lipinski definition) is 1. The third-order valence-corrected chi connectivity index (χ3v) is 7.14. The summed E-state index contributed by atoms with van der Waals surface area (Å²) < 4.78 is 23.9. The molecule has 4 aliphatic rings. The Morgan fingerprint density at radius 3 is 2.57 bits per heavy atom. The first-order valence-electron chi connectivity index (χ1n) is 10.1. The number of hydrogen-bond acceptors (Lipinski definition) is 7. The highest BCUT2D eigenvalue weighted by Gasteiger charge is 2.80. The molecular formula is C21H30O7. The van der Waals surface area contributed by atoms with Crippen LogP contribution in [0.2, 0.25) is 0 Å². The van der Waals surface area contributed by atoms with Gasteiger partial charge in [-0.1, -0.05) is 19.4 Å². The molecule has 0 aromatic heterocycles. The molecule has 3 heterocycles. The van der Waals surface area contributed by atoms with Crippen molar-refractivity contribution >= 4 is 11.9 Å². The second-order valence-electron chi connectivity index (χ2n) is 9.41. The molecule has 1 saturated carbocycles. The van der Waals surface area contributed by atoms with Gasteiger partial charge in [0.25, 0.3) is 0 Å². The van der Waals surface area contributed by atoms with E-state index < -0.39 is 53.1 Å². The van der Waals surface area contributed by atoms with E-state index in [0.717, 1.165) is 25.7 Å². The monoisotopic (exact) mass is 394 g/mol. The molecule has 0 aromatic carbocycles. The van der Waals surface area contributed by atoms with Gasteiger partial charge in [0.1, 0.15) is 17.6 Å². The van der Waals surface area contributed by atoms with Crippen molar-refractivity contribution in [2.45, 2.75) is 102 Å². The number of carbonyl (C=O) groups is 2. The average molecular weight is 394 g/mol. The highest BCUT2D eigenvalue weighted by molar-refractivity contribution is 5.88. The van der Waals surface area contributed by atoms with E-state index in [0.29, 0.717) is 12.0 Å². The highest BCUT2D eigenvalue weighted by atomic mass is 16.7. The number of ether oxygens (including phenoxy) is 4. The van der Waals surface area contributed by atoms with E-state index in [1.54, 1.807) is 20.8 Å². The first kappa shape index (κ1) is 19.9. The van der Waals surface area contributed by atoms with Crippen LogP contribution >= 0.6 is 0 Å². The summed E-state index contributed by atoms with van der Waals surface area (Å²) in [5.41, 5.74) is -2.38. The van der Waals surface area contributed by atoms with Gasteiger partial charge in [-0.2, -0.15) is 0 Å². The zero-order valence-electron chi connectivity index (χ0n) is 17.0. The lowest BCUT2D eigenvalue weighted by Gasteiger charge is -2.47. The second kappa shape index (κ2) is 6.28. The van der Waals surface area contributed by atoms with Crippen LogP contribution in [0.5, 0.6) is 0 Å². The summed E-state index contributed by atoms with van der Waals surface area (Å²) in [6.07, 6.45) is 1.15. The molecule has 156 valence electrons. The van der Waals surface area contributed by atoms with Gasteiger partial charge in [0.15, 0.2) is 12.2 Å². The summed E-state index contributed by atoms with van der Waals surface area (Å²) in [5, 5.41) is 10.4. The van der Waals surface area contributed by atoms with Gasteiger partial charge in [-0.15, -0.1) is 0 Å². The van der Waals surface area contributed by atoms with E-state index in [1.807, 2.05) is 6.92 Å². The number of fused-ring (bicyclic) bond motifs is 1. The van der Waals surface area contributed by atoms with Crippen molar-refractivity contribution in [2.75, 3.05) is 0 Å². The fourth-order valence-corrected chi connectivity index (χ4v) is 5.37. The predicted octanol–water partition coefficient (Wildman–Crippen LogP) is 2.05. The van der Waals surface area contributed by atoms with E-state index in [4.69, 9.17) is 18.9 Å². The van der Waals surface area contributed by atoms with Crippen LogP contribution in [0.15, 0.2) is 12.2 Å². The Labute approximate surface area is 165 Å². The van der Waals surface area contributed by atoms with E-state index in [2.05, 4.69) is 6.58 Å². The van der Waals surface area contributed by atoms with E-state index in [1.165, 1.54) is 0 Å². The average Bonchev–Trinajstić information content (AvgIpc) is 3.31. The van der Waals surface area contributed by atoms with Crippen molar-refractivity contribution in [2.24, 2.45) is 5.41 Å². The first-order chi connectivity index (χ1) is 13.0. The van der Waals surface area contributed by atoms with Crippen molar-refractivity contribution in [3.05, 3.63) is 12.2 Å². The fraction of sp³-hybridized carbons (Fsp3) is 0.810. The zero-order chi connectivity index (χ0) is 20.5. The van der Waals surface area contributed by atoms with Crippen LogP contribution in [0.25, 0.3) is 0 Å². The number of aliphatic hydroxyl groups is 1. The summed E-state index contributed by atoms with van der Waals surface area (Å²) in [6.45, 7) is 10.4. The molecule has 3 saturated heterocycles.